The number of rotatable bonds is 2. The van der Waals surface area contributed by atoms with Gasteiger partial charge in [-0.25, -0.2) is 4.98 Å². The molecule has 88 valence electrons. The van der Waals surface area contributed by atoms with Crippen molar-refractivity contribution in [2.24, 2.45) is 0 Å². The zero-order valence-electron chi connectivity index (χ0n) is 9.81. The first-order valence-electron chi connectivity index (χ1n) is 5.88. The molecule has 0 aliphatic rings. The maximum Gasteiger partial charge on any atom is 0.0712 e. The summed E-state index contributed by atoms with van der Waals surface area (Å²) in [6.45, 7) is 0. The van der Waals surface area contributed by atoms with Gasteiger partial charge in [-0.15, -0.1) is 0 Å². The lowest BCUT2D eigenvalue weighted by Crippen LogP contribution is -1.90. The molecule has 0 N–H and O–H groups in total. The molecule has 18 heavy (non-hydrogen) atoms. The summed E-state index contributed by atoms with van der Waals surface area (Å²) in [7, 11) is 0. The Morgan fingerprint density at radius 2 is 1.61 bits per heavy atom. The first-order chi connectivity index (χ1) is 8.88. The predicted molar refractivity (Wildman–Crippen MR) is 79.8 cm³/mol. The summed E-state index contributed by atoms with van der Waals surface area (Å²) in [5.41, 5.74) is 4.52. The van der Waals surface area contributed by atoms with Crippen LogP contribution in [0.1, 0.15) is 5.56 Å². The van der Waals surface area contributed by atoms with Crippen LogP contribution >= 0.6 is 15.9 Å². The summed E-state index contributed by atoms with van der Waals surface area (Å²) in [4.78, 5) is 4.73. The van der Waals surface area contributed by atoms with Gasteiger partial charge in [0.1, 0.15) is 0 Å². The number of benzene rings is 2. The van der Waals surface area contributed by atoms with Crippen molar-refractivity contribution in [3.8, 4) is 11.3 Å². The number of nitrogens with zero attached hydrogens (tertiary/aromatic N) is 1. The van der Waals surface area contributed by atoms with Crippen LogP contribution in [0, 0.1) is 0 Å². The normalized spacial score (nSPS) is 10.7. The summed E-state index contributed by atoms with van der Waals surface area (Å²) < 4.78 is 0. The van der Waals surface area contributed by atoms with Crippen molar-refractivity contribution in [2.45, 2.75) is 5.33 Å². The standard InChI is InChI=1S/C16H12BrN/c17-11-13-10-16(12-6-2-1-3-7-12)18-15-9-5-4-8-14(13)15/h1-10H,11H2. The van der Waals surface area contributed by atoms with Gasteiger partial charge in [0, 0.05) is 16.3 Å². The van der Waals surface area contributed by atoms with Crippen molar-refractivity contribution < 1.29 is 0 Å². The van der Waals surface area contributed by atoms with E-state index >= 15 is 0 Å². The molecule has 0 fully saturated rings. The van der Waals surface area contributed by atoms with Crippen LogP contribution in [0.3, 0.4) is 0 Å². The molecular weight excluding hydrogens is 286 g/mol. The minimum atomic E-state index is 0.843. The van der Waals surface area contributed by atoms with Gasteiger partial charge in [0.05, 0.1) is 11.2 Å². The topological polar surface area (TPSA) is 12.9 Å². The third-order valence-electron chi connectivity index (χ3n) is 3.02. The molecule has 1 aromatic heterocycles. The number of fused-ring (bicyclic) bond motifs is 1. The van der Waals surface area contributed by atoms with Gasteiger partial charge in [-0.1, -0.05) is 64.5 Å². The van der Waals surface area contributed by atoms with E-state index in [4.69, 9.17) is 4.98 Å². The lowest BCUT2D eigenvalue weighted by Gasteiger charge is -2.07. The number of hydrogen-bond donors (Lipinski definition) is 0. The summed E-state index contributed by atoms with van der Waals surface area (Å²) in [6.07, 6.45) is 0. The van der Waals surface area contributed by atoms with Gasteiger partial charge in [0.25, 0.3) is 0 Å². The molecule has 0 bridgehead atoms. The van der Waals surface area contributed by atoms with Gasteiger partial charge < -0.3 is 0 Å². The third kappa shape index (κ3) is 2.04. The number of pyridine rings is 1. The van der Waals surface area contributed by atoms with Crippen LogP contribution in [-0.2, 0) is 5.33 Å². The molecule has 1 heterocycles. The van der Waals surface area contributed by atoms with Crippen molar-refractivity contribution in [1.29, 1.82) is 0 Å². The number of alkyl halides is 1. The number of aromatic nitrogens is 1. The van der Waals surface area contributed by atoms with E-state index in [9.17, 15) is 0 Å². The molecule has 3 rings (SSSR count). The highest BCUT2D eigenvalue weighted by molar-refractivity contribution is 9.08. The van der Waals surface area contributed by atoms with Gasteiger partial charge >= 0.3 is 0 Å². The van der Waals surface area contributed by atoms with Gasteiger partial charge in [0.15, 0.2) is 0 Å². The number of para-hydroxylation sites is 1. The van der Waals surface area contributed by atoms with Crippen LogP contribution < -0.4 is 0 Å². The second kappa shape index (κ2) is 4.91. The molecule has 0 saturated carbocycles. The van der Waals surface area contributed by atoms with Crippen LogP contribution in [0.4, 0.5) is 0 Å². The van der Waals surface area contributed by atoms with Gasteiger partial charge in [-0.3, -0.25) is 0 Å². The first-order valence-corrected chi connectivity index (χ1v) is 7.00. The fourth-order valence-electron chi connectivity index (χ4n) is 2.11. The van der Waals surface area contributed by atoms with Crippen LogP contribution in [0.5, 0.6) is 0 Å². The Balaban J connectivity index is 2.26. The van der Waals surface area contributed by atoms with Crippen LogP contribution in [0.2, 0.25) is 0 Å². The van der Waals surface area contributed by atoms with E-state index in [0.717, 1.165) is 22.1 Å². The minimum absolute atomic E-state index is 0.843. The molecule has 0 unspecified atom stereocenters. The predicted octanol–water partition coefficient (Wildman–Crippen LogP) is 4.80. The highest BCUT2D eigenvalue weighted by atomic mass is 79.9. The Morgan fingerprint density at radius 3 is 2.39 bits per heavy atom. The van der Waals surface area contributed by atoms with Crippen LogP contribution in [0.25, 0.3) is 22.2 Å². The quantitative estimate of drug-likeness (QED) is 0.619. The molecule has 3 aromatic rings. The molecule has 2 heteroatoms. The van der Waals surface area contributed by atoms with E-state index in [2.05, 4.69) is 52.3 Å². The van der Waals surface area contributed by atoms with E-state index in [-0.39, 0.29) is 0 Å². The molecule has 0 radical (unpaired) electrons. The smallest absolute Gasteiger partial charge is 0.0712 e. The number of hydrogen-bond acceptors (Lipinski definition) is 1. The molecule has 0 saturated heterocycles. The Hall–Kier alpha value is -1.67. The van der Waals surface area contributed by atoms with Gasteiger partial charge in [0.2, 0.25) is 0 Å². The molecule has 0 amide bonds. The highest BCUT2D eigenvalue weighted by Gasteiger charge is 2.05. The second-order valence-corrected chi connectivity index (χ2v) is 4.74. The van der Waals surface area contributed by atoms with Crippen molar-refractivity contribution >= 4 is 26.8 Å². The summed E-state index contributed by atoms with van der Waals surface area (Å²) >= 11 is 3.56. The molecule has 0 spiro atoms. The Labute approximate surface area is 115 Å². The van der Waals surface area contributed by atoms with E-state index in [1.807, 2.05) is 24.3 Å². The molecule has 0 atom stereocenters. The molecule has 0 aliphatic heterocycles. The average Bonchev–Trinajstić information content (AvgIpc) is 2.47. The number of halogens is 1. The largest absolute Gasteiger partial charge is 0.248 e. The lowest BCUT2D eigenvalue weighted by atomic mass is 10.1. The van der Waals surface area contributed by atoms with E-state index in [0.29, 0.717) is 0 Å². The highest BCUT2D eigenvalue weighted by Crippen LogP contribution is 2.25. The van der Waals surface area contributed by atoms with Crippen LogP contribution in [-0.4, -0.2) is 4.98 Å². The summed E-state index contributed by atoms with van der Waals surface area (Å²) in [5.74, 6) is 0. The fourth-order valence-corrected chi connectivity index (χ4v) is 2.58. The van der Waals surface area contributed by atoms with E-state index in [1.165, 1.54) is 10.9 Å². The minimum Gasteiger partial charge on any atom is -0.248 e. The molecular formula is C16H12BrN. The van der Waals surface area contributed by atoms with Crippen molar-refractivity contribution in [3.63, 3.8) is 0 Å². The van der Waals surface area contributed by atoms with Crippen molar-refractivity contribution in [1.82, 2.24) is 4.98 Å². The Bertz CT molecular complexity index is 677. The maximum absolute atomic E-state index is 4.73. The van der Waals surface area contributed by atoms with Crippen molar-refractivity contribution in [2.75, 3.05) is 0 Å². The zero-order valence-corrected chi connectivity index (χ0v) is 11.4. The second-order valence-electron chi connectivity index (χ2n) is 4.18. The fraction of sp³-hybridized carbons (Fsp3) is 0.0625. The van der Waals surface area contributed by atoms with Gasteiger partial charge in [-0.2, -0.15) is 0 Å². The maximum atomic E-state index is 4.73. The molecule has 1 nitrogen and oxygen atoms in total. The third-order valence-corrected chi connectivity index (χ3v) is 3.62. The molecule has 2 aromatic carbocycles. The van der Waals surface area contributed by atoms with Crippen molar-refractivity contribution in [3.05, 3.63) is 66.2 Å². The van der Waals surface area contributed by atoms with Gasteiger partial charge in [-0.05, 0) is 17.7 Å². The Kier molecular flexibility index (Phi) is 3.11. The van der Waals surface area contributed by atoms with Crippen LogP contribution in [0.15, 0.2) is 60.7 Å². The lowest BCUT2D eigenvalue weighted by molar-refractivity contribution is 1.35. The first kappa shape index (κ1) is 11.4. The monoisotopic (exact) mass is 297 g/mol. The average molecular weight is 298 g/mol. The zero-order chi connectivity index (χ0) is 12.4. The SMILES string of the molecule is BrCc1cc(-c2ccccc2)nc2ccccc12. The van der Waals surface area contributed by atoms with E-state index < -0.39 is 0 Å². The van der Waals surface area contributed by atoms with E-state index in [1.54, 1.807) is 0 Å². The molecule has 0 aliphatic carbocycles. The summed E-state index contributed by atoms with van der Waals surface area (Å²) in [6, 6.07) is 20.7. The summed E-state index contributed by atoms with van der Waals surface area (Å²) in [5, 5.41) is 2.06. The Morgan fingerprint density at radius 1 is 0.889 bits per heavy atom.